The molecule has 0 atom stereocenters. The highest BCUT2D eigenvalue weighted by molar-refractivity contribution is 5.86. The van der Waals surface area contributed by atoms with Crippen molar-refractivity contribution in [1.29, 1.82) is 0 Å². The van der Waals surface area contributed by atoms with Crippen LogP contribution in [0.3, 0.4) is 0 Å². The number of aliphatic carboxylic acids is 1. The molecule has 0 heterocycles. The normalized spacial score (nSPS) is 11.6. The van der Waals surface area contributed by atoms with Crippen molar-refractivity contribution < 1.29 is 24.1 Å². The van der Waals surface area contributed by atoms with E-state index in [0.29, 0.717) is 30.3 Å². The van der Waals surface area contributed by atoms with E-state index in [1.807, 2.05) is 20.8 Å². The zero-order valence-electron chi connectivity index (χ0n) is 12.9. The Morgan fingerprint density at radius 1 is 1.29 bits per heavy atom. The summed E-state index contributed by atoms with van der Waals surface area (Å²) in [6, 6.07) is 5.30. The van der Waals surface area contributed by atoms with E-state index in [4.69, 9.17) is 19.3 Å². The summed E-state index contributed by atoms with van der Waals surface area (Å²) in [5.74, 6) is 0.0492. The summed E-state index contributed by atoms with van der Waals surface area (Å²) >= 11 is 0. The van der Waals surface area contributed by atoms with E-state index in [0.717, 1.165) is 6.08 Å². The lowest BCUT2D eigenvalue weighted by Gasteiger charge is -2.20. The summed E-state index contributed by atoms with van der Waals surface area (Å²) in [5, 5.41) is 8.72. The van der Waals surface area contributed by atoms with E-state index in [1.54, 1.807) is 25.3 Å². The Labute approximate surface area is 125 Å². The maximum Gasteiger partial charge on any atom is 0.328 e. The molecule has 116 valence electrons. The number of hydrogen-bond acceptors (Lipinski definition) is 4. The summed E-state index contributed by atoms with van der Waals surface area (Å²) in [5.41, 5.74) is 0.420. The predicted octanol–water partition coefficient (Wildman–Crippen LogP) is 2.99. The van der Waals surface area contributed by atoms with Gasteiger partial charge in [-0.2, -0.15) is 0 Å². The van der Waals surface area contributed by atoms with Gasteiger partial charge in [-0.15, -0.1) is 0 Å². The number of carboxylic acids is 1. The van der Waals surface area contributed by atoms with Crippen molar-refractivity contribution in [3.8, 4) is 11.5 Å². The third-order valence-corrected chi connectivity index (χ3v) is 2.50. The Morgan fingerprint density at radius 2 is 2.00 bits per heavy atom. The molecule has 0 aromatic heterocycles. The fourth-order valence-electron chi connectivity index (χ4n) is 1.63. The molecule has 0 fully saturated rings. The van der Waals surface area contributed by atoms with Crippen molar-refractivity contribution in [1.82, 2.24) is 0 Å². The molecule has 0 aliphatic heterocycles. The zero-order valence-corrected chi connectivity index (χ0v) is 12.9. The van der Waals surface area contributed by atoms with Gasteiger partial charge in [-0.1, -0.05) is 12.1 Å². The first kappa shape index (κ1) is 17.0. The molecule has 1 rings (SSSR count). The number of para-hydroxylation sites is 1. The first-order valence-electron chi connectivity index (χ1n) is 6.68. The second kappa shape index (κ2) is 7.69. The Kier molecular flexibility index (Phi) is 6.24. The Bertz CT molecular complexity index is 500. The molecule has 5 nitrogen and oxygen atoms in total. The molecular formula is C16H22O5. The van der Waals surface area contributed by atoms with Crippen LogP contribution in [-0.4, -0.2) is 37.0 Å². The van der Waals surface area contributed by atoms with Crippen LogP contribution in [0.25, 0.3) is 6.08 Å². The topological polar surface area (TPSA) is 65.0 Å². The molecule has 0 spiro atoms. The predicted molar refractivity (Wildman–Crippen MR) is 80.9 cm³/mol. The van der Waals surface area contributed by atoms with Crippen LogP contribution in [0.2, 0.25) is 0 Å². The van der Waals surface area contributed by atoms with Crippen LogP contribution in [0.1, 0.15) is 26.3 Å². The first-order chi connectivity index (χ1) is 9.83. The van der Waals surface area contributed by atoms with E-state index in [-0.39, 0.29) is 5.60 Å². The van der Waals surface area contributed by atoms with Crippen LogP contribution in [0.5, 0.6) is 11.5 Å². The molecule has 0 aliphatic rings. The number of benzene rings is 1. The molecule has 0 bridgehead atoms. The molecule has 21 heavy (non-hydrogen) atoms. The van der Waals surface area contributed by atoms with Crippen molar-refractivity contribution in [3.05, 3.63) is 29.8 Å². The summed E-state index contributed by atoms with van der Waals surface area (Å²) in [6.07, 6.45) is 2.54. The Hall–Kier alpha value is -2.01. The fraction of sp³-hybridized carbons (Fsp3) is 0.438. The highest BCUT2D eigenvalue weighted by atomic mass is 16.5. The van der Waals surface area contributed by atoms with Gasteiger partial charge in [-0.25, -0.2) is 4.79 Å². The molecule has 1 aromatic carbocycles. The highest BCUT2D eigenvalue weighted by Crippen LogP contribution is 2.32. The van der Waals surface area contributed by atoms with Crippen LogP contribution < -0.4 is 9.47 Å². The monoisotopic (exact) mass is 294 g/mol. The molecule has 5 heteroatoms. The largest absolute Gasteiger partial charge is 0.493 e. The second-order valence-corrected chi connectivity index (χ2v) is 5.36. The van der Waals surface area contributed by atoms with E-state index in [1.165, 1.54) is 6.08 Å². The van der Waals surface area contributed by atoms with Crippen molar-refractivity contribution in [2.24, 2.45) is 0 Å². The molecule has 0 aliphatic carbocycles. The lowest BCUT2D eigenvalue weighted by Crippen LogP contribution is -2.22. The number of carbonyl (C=O) groups is 1. The van der Waals surface area contributed by atoms with Crippen LogP contribution >= 0.6 is 0 Å². The molecule has 0 unspecified atom stereocenters. The highest BCUT2D eigenvalue weighted by Gasteiger charge is 2.12. The molecule has 0 amide bonds. The lowest BCUT2D eigenvalue weighted by atomic mass is 10.1. The van der Waals surface area contributed by atoms with Gasteiger partial charge >= 0.3 is 5.97 Å². The summed E-state index contributed by atoms with van der Waals surface area (Å²) in [7, 11) is 1.54. The van der Waals surface area contributed by atoms with Gasteiger partial charge in [0.15, 0.2) is 11.5 Å². The van der Waals surface area contributed by atoms with Gasteiger partial charge in [0.1, 0.15) is 6.61 Å². The van der Waals surface area contributed by atoms with Crippen molar-refractivity contribution in [3.63, 3.8) is 0 Å². The average Bonchev–Trinajstić information content (AvgIpc) is 2.40. The van der Waals surface area contributed by atoms with Crippen LogP contribution in [0.15, 0.2) is 24.3 Å². The minimum absolute atomic E-state index is 0.226. The van der Waals surface area contributed by atoms with Crippen LogP contribution in [0.4, 0.5) is 0 Å². The summed E-state index contributed by atoms with van der Waals surface area (Å²) in [6.45, 7) is 6.70. The van der Waals surface area contributed by atoms with E-state index in [2.05, 4.69) is 0 Å². The maximum absolute atomic E-state index is 10.6. The minimum atomic E-state index is -1.01. The smallest absolute Gasteiger partial charge is 0.328 e. The van der Waals surface area contributed by atoms with Crippen molar-refractivity contribution in [2.45, 2.75) is 26.4 Å². The molecule has 1 aromatic rings. The standard InChI is InChI=1S/C16H22O5/c1-16(2,3)21-11-10-20-15-12(8-9-14(17)18)6-5-7-13(15)19-4/h5-9H,10-11H2,1-4H3,(H,17,18)/b9-8+. The fourth-order valence-corrected chi connectivity index (χ4v) is 1.63. The number of ether oxygens (including phenoxy) is 3. The van der Waals surface area contributed by atoms with Gasteiger partial charge in [-0.05, 0) is 32.9 Å². The third kappa shape index (κ3) is 6.31. The Morgan fingerprint density at radius 3 is 2.57 bits per heavy atom. The van der Waals surface area contributed by atoms with E-state index in [9.17, 15) is 4.79 Å². The van der Waals surface area contributed by atoms with Crippen LogP contribution in [-0.2, 0) is 9.53 Å². The Balaban J connectivity index is 2.80. The summed E-state index contributed by atoms with van der Waals surface area (Å²) < 4.78 is 16.5. The molecule has 0 saturated heterocycles. The number of carboxylic acid groups (broad SMARTS) is 1. The number of hydrogen-bond donors (Lipinski definition) is 1. The number of rotatable bonds is 7. The maximum atomic E-state index is 10.6. The number of methoxy groups -OCH3 is 1. The minimum Gasteiger partial charge on any atom is -0.493 e. The van der Waals surface area contributed by atoms with Crippen LogP contribution in [0, 0.1) is 0 Å². The second-order valence-electron chi connectivity index (χ2n) is 5.36. The quantitative estimate of drug-likeness (QED) is 0.618. The van der Waals surface area contributed by atoms with Crippen molar-refractivity contribution >= 4 is 12.0 Å². The van der Waals surface area contributed by atoms with Gasteiger partial charge in [-0.3, -0.25) is 0 Å². The van der Waals surface area contributed by atoms with Gasteiger partial charge < -0.3 is 19.3 Å². The lowest BCUT2D eigenvalue weighted by molar-refractivity contribution is -0.131. The summed E-state index contributed by atoms with van der Waals surface area (Å²) in [4.78, 5) is 10.6. The zero-order chi connectivity index (χ0) is 15.9. The van der Waals surface area contributed by atoms with Gasteiger partial charge in [0.05, 0.1) is 19.3 Å². The average molecular weight is 294 g/mol. The van der Waals surface area contributed by atoms with Gasteiger partial charge in [0.2, 0.25) is 0 Å². The third-order valence-electron chi connectivity index (χ3n) is 2.50. The van der Waals surface area contributed by atoms with Crippen molar-refractivity contribution in [2.75, 3.05) is 20.3 Å². The molecule has 0 saturated carbocycles. The van der Waals surface area contributed by atoms with E-state index >= 15 is 0 Å². The molecular weight excluding hydrogens is 272 g/mol. The molecule has 0 radical (unpaired) electrons. The SMILES string of the molecule is COc1cccc(/C=C/C(=O)O)c1OCCOC(C)(C)C. The van der Waals surface area contributed by atoms with E-state index < -0.39 is 5.97 Å². The van der Waals surface area contributed by atoms with Gasteiger partial charge in [0, 0.05) is 11.6 Å². The molecule has 1 N–H and O–H groups in total. The van der Waals surface area contributed by atoms with Gasteiger partial charge in [0.25, 0.3) is 0 Å². The first-order valence-corrected chi connectivity index (χ1v) is 6.68.